The van der Waals surface area contributed by atoms with Crippen molar-refractivity contribution in [3.63, 3.8) is 0 Å². The van der Waals surface area contributed by atoms with E-state index in [1.807, 2.05) is 0 Å². The van der Waals surface area contributed by atoms with Crippen molar-refractivity contribution in [3.05, 3.63) is 38.2 Å². The van der Waals surface area contributed by atoms with Crippen molar-refractivity contribution in [3.8, 4) is 5.75 Å². The summed E-state index contributed by atoms with van der Waals surface area (Å²) in [5.74, 6) is -1.19. The van der Waals surface area contributed by atoms with Crippen LogP contribution in [0.3, 0.4) is 0 Å². The smallest absolute Gasteiger partial charge is 0.331 e. The van der Waals surface area contributed by atoms with Crippen LogP contribution in [-0.4, -0.2) is 35.5 Å². The van der Waals surface area contributed by atoms with Gasteiger partial charge in [0.15, 0.2) is 5.17 Å². The van der Waals surface area contributed by atoms with E-state index in [4.69, 9.17) is 11.6 Å². The van der Waals surface area contributed by atoms with Gasteiger partial charge in [-0.3, -0.25) is 10.1 Å². The summed E-state index contributed by atoms with van der Waals surface area (Å²) in [5, 5.41) is 20.4. The van der Waals surface area contributed by atoms with E-state index in [0.717, 1.165) is 17.8 Å². The topological polar surface area (TPSA) is 100 Å². The Morgan fingerprint density at radius 1 is 1.52 bits per heavy atom. The molecule has 0 radical (unpaired) electrons. The van der Waals surface area contributed by atoms with E-state index in [1.54, 1.807) is 12.1 Å². The van der Waals surface area contributed by atoms with Gasteiger partial charge in [0.25, 0.3) is 5.91 Å². The van der Waals surface area contributed by atoms with Crippen LogP contribution >= 0.6 is 39.3 Å². The molecule has 1 aromatic rings. The SMILES string of the molecule is COC(=O)/C=C1/S/C(=N\N=Cc2c(Cl)ccc(Br)c2O)NC1=O. The molecule has 1 saturated heterocycles. The molecule has 1 amide bonds. The number of halogens is 2. The number of esters is 1. The van der Waals surface area contributed by atoms with Crippen molar-refractivity contribution in [2.24, 2.45) is 10.2 Å². The van der Waals surface area contributed by atoms with E-state index in [2.05, 4.69) is 36.2 Å². The first-order chi connectivity index (χ1) is 10.9. The summed E-state index contributed by atoms with van der Waals surface area (Å²) in [6, 6.07) is 3.18. The zero-order valence-electron chi connectivity index (χ0n) is 11.5. The third kappa shape index (κ3) is 4.34. The van der Waals surface area contributed by atoms with Crippen molar-refractivity contribution in [2.45, 2.75) is 0 Å². The summed E-state index contributed by atoms with van der Waals surface area (Å²) < 4.78 is 4.91. The van der Waals surface area contributed by atoms with Gasteiger partial charge in [0.05, 0.1) is 33.3 Å². The zero-order valence-corrected chi connectivity index (χ0v) is 14.7. The summed E-state index contributed by atoms with van der Waals surface area (Å²) in [6.07, 6.45) is 2.31. The molecule has 1 aliphatic heterocycles. The van der Waals surface area contributed by atoms with Gasteiger partial charge in [-0.2, -0.15) is 5.10 Å². The maximum absolute atomic E-state index is 11.6. The Kier molecular flexibility index (Phi) is 5.80. The fraction of sp³-hybridized carbons (Fsp3) is 0.0769. The van der Waals surface area contributed by atoms with Crippen molar-refractivity contribution in [1.82, 2.24) is 5.32 Å². The van der Waals surface area contributed by atoms with Gasteiger partial charge < -0.3 is 9.84 Å². The molecule has 1 heterocycles. The first-order valence-electron chi connectivity index (χ1n) is 5.99. The number of hydrogen-bond acceptors (Lipinski definition) is 7. The molecule has 2 rings (SSSR count). The highest BCUT2D eigenvalue weighted by molar-refractivity contribution is 9.10. The second kappa shape index (κ2) is 7.62. The van der Waals surface area contributed by atoms with Crippen LogP contribution < -0.4 is 5.32 Å². The first kappa shape index (κ1) is 17.5. The molecule has 2 N–H and O–H groups in total. The Morgan fingerprint density at radius 2 is 2.26 bits per heavy atom. The number of nitrogens with zero attached hydrogens (tertiary/aromatic N) is 2. The number of benzene rings is 1. The molecule has 7 nitrogen and oxygen atoms in total. The third-order valence-electron chi connectivity index (χ3n) is 2.55. The van der Waals surface area contributed by atoms with Gasteiger partial charge in [-0.1, -0.05) is 11.6 Å². The molecular weight excluding hydrogens is 410 g/mol. The minimum absolute atomic E-state index is 0.0733. The number of phenols is 1. The number of thioether (sulfide) groups is 1. The van der Waals surface area contributed by atoms with Crippen LogP contribution in [-0.2, 0) is 14.3 Å². The highest BCUT2D eigenvalue weighted by atomic mass is 79.9. The number of ether oxygens (including phenoxy) is 1. The van der Waals surface area contributed by atoms with Crippen LogP contribution in [0.15, 0.2) is 37.8 Å². The number of amides is 1. The number of methoxy groups -OCH3 is 1. The maximum Gasteiger partial charge on any atom is 0.331 e. The van der Waals surface area contributed by atoms with E-state index >= 15 is 0 Å². The number of phenolic OH excluding ortho intramolecular Hbond substituents is 1. The van der Waals surface area contributed by atoms with E-state index in [-0.39, 0.29) is 21.4 Å². The van der Waals surface area contributed by atoms with E-state index in [0.29, 0.717) is 9.50 Å². The Bertz CT molecular complexity index is 764. The van der Waals surface area contributed by atoms with Crippen molar-refractivity contribution < 1.29 is 19.4 Å². The number of aromatic hydroxyl groups is 1. The van der Waals surface area contributed by atoms with Crippen LogP contribution in [0.2, 0.25) is 5.02 Å². The van der Waals surface area contributed by atoms with Crippen molar-refractivity contribution in [1.29, 1.82) is 0 Å². The molecule has 1 fully saturated rings. The van der Waals surface area contributed by atoms with Gasteiger partial charge in [0, 0.05) is 6.08 Å². The van der Waals surface area contributed by atoms with Gasteiger partial charge in [0.2, 0.25) is 0 Å². The Balaban J connectivity index is 2.16. The maximum atomic E-state index is 11.6. The molecule has 0 saturated carbocycles. The van der Waals surface area contributed by atoms with Crippen LogP contribution in [0.25, 0.3) is 0 Å². The van der Waals surface area contributed by atoms with E-state index in [9.17, 15) is 14.7 Å². The molecule has 1 aromatic carbocycles. The number of hydrogen-bond donors (Lipinski definition) is 2. The van der Waals surface area contributed by atoms with Crippen LogP contribution in [0.4, 0.5) is 0 Å². The standard InChI is InChI=1S/C13H9BrClN3O4S/c1-22-10(19)4-9-12(21)17-13(23-9)18-16-5-6-8(15)3-2-7(14)11(6)20/h2-5,20H,1H3,(H,17,18,21)/b9-4+,16-5?. The normalized spacial score (nSPS) is 18.0. The quantitative estimate of drug-likeness (QED) is 0.340. The van der Waals surface area contributed by atoms with E-state index < -0.39 is 11.9 Å². The fourth-order valence-electron chi connectivity index (χ4n) is 1.46. The molecule has 0 spiro atoms. The predicted octanol–water partition coefficient (Wildman–Crippen LogP) is 2.42. The molecule has 0 unspecified atom stereocenters. The molecule has 0 aliphatic carbocycles. The number of carbonyl (C=O) groups excluding carboxylic acids is 2. The molecule has 0 bridgehead atoms. The molecule has 0 atom stereocenters. The summed E-state index contributed by atoms with van der Waals surface area (Å²) in [5.41, 5.74) is 0.282. The van der Waals surface area contributed by atoms with Crippen molar-refractivity contribution >= 4 is 62.6 Å². The number of nitrogens with one attached hydrogen (secondary N) is 1. The number of amidine groups is 1. The average molecular weight is 419 g/mol. The Labute approximate surface area is 148 Å². The number of carbonyl (C=O) groups is 2. The minimum atomic E-state index is -0.641. The minimum Gasteiger partial charge on any atom is -0.506 e. The van der Waals surface area contributed by atoms with Crippen LogP contribution in [0.1, 0.15) is 5.56 Å². The monoisotopic (exact) mass is 417 g/mol. The average Bonchev–Trinajstić information content (AvgIpc) is 2.86. The molecule has 0 aromatic heterocycles. The predicted molar refractivity (Wildman–Crippen MR) is 91.7 cm³/mol. The van der Waals surface area contributed by atoms with Gasteiger partial charge in [-0.15, -0.1) is 5.10 Å². The third-order valence-corrected chi connectivity index (χ3v) is 4.42. The molecule has 1 aliphatic rings. The van der Waals surface area contributed by atoms with Crippen LogP contribution in [0.5, 0.6) is 5.75 Å². The fourth-order valence-corrected chi connectivity index (χ4v) is 2.75. The summed E-state index contributed by atoms with van der Waals surface area (Å²) in [7, 11) is 1.21. The zero-order chi connectivity index (χ0) is 17.0. The lowest BCUT2D eigenvalue weighted by Crippen LogP contribution is -2.19. The summed E-state index contributed by atoms with van der Waals surface area (Å²) >= 11 is 10.1. The Morgan fingerprint density at radius 3 is 2.96 bits per heavy atom. The van der Waals surface area contributed by atoms with Gasteiger partial charge in [-0.25, -0.2) is 4.79 Å². The van der Waals surface area contributed by atoms with Gasteiger partial charge in [0.1, 0.15) is 5.75 Å². The lowest BCUT2D eigenvalue weighted by Gasteiger charge is -2.02. The van der Waals surface area contributed by atoms with Crippen molar-refractivity contribution in [2.75, 3.05) is 7.11 Å². The highest BCUT2D eigenvalue weighted by Crippen LogP contribution is 2.31. The molecule has 120 valence electrons. The second-order valence-corrected chi connectivity index (χ2v) is 6.32. The number of rotatable bonds is 3. The second-order valence-electron chi connectivity index (χ2n) is 4.03. The van der Waals surface area contributed by atoms with Gasteiger partial charge in [-0.05, 0) is 39.8 Å². The molecule has 10 heteroatoms. The summed E-state index contributed by atoms with van der Waals surface area (Å²) in [6.45, 7) is 0. The first-order valence-corrected chi connectivity index (χ1v) is 7.98. The lowest BCUT2D eigenvalue weighted by molar-refractivity contribution is -0.135. The van der Waals surface area contributed by atoms with Crippen LogP contribution in [0, 0.1) is 0 Å². The lowest BCUT2D eigenvalue weighted by atomic mass is 10.2. The van der Waals surface area contributed by atoms with E-state index in [1.165, 1.54) is 13.3 Å². The Hall–Kier alpha value is -1.84. The largest absolute Gasteiger partial charge is 0.506 e. The summed E-state index contributed by atoms with van der Waals surface area (Å²) in [4.78, 5) is 22.9. The van der Waals surface area contributed by atoms with Gasteiger partial charge >= 0.3 is 5.97 Å². The molecular formula is C13H9BrClN3O4S. The highest BCUT2D eigenvalue weighted by Gasteiger charge is 2.25. The molecule has 23 heavy (non-hydrogen) atoms.